The van der Waals surface area contributed by atoms with Crippen LogP contribution in [0, 0.1) is 24.6 Å². The maximum Gasteiger partial charge on any atom is 0.227 e. The number of aromatic nitrogens is 1. The number of benzene rings is 1. The summed E-state index contributed by atoms with van der Waals surface area (Å²) < 4.78 is 13.6. The van der Waals surface area contributed by atoms with E-state index in [4.69, 9.17) is 0 Å². The van der Waals surface area contributed by atoms with Gasteiger partial charge in [0, 0.05) is 43.3 Å². The normalized spacial score (nSPS) is 23.4. The Hall–Kier alpha value is -2.37. The number of halogens is 1. The van der Waals surface area contributed by atoms with Crippen molar-refractivity contribution in [3.8, 4) is 0 Å². The van der Waals surface area contributed by atoms with Gasteiger partial charge in [-0.2, -0.15) is 0 Å². The standard InChI is InChI=1S/C19H22FN3O2/c1-11-14(15-7-13(20)3-4-17(15)21-11)8-18(24)23-9-12-5-6-22(2)19(25)16(12)10-23/h3-4,7,12,16,21H,5-6,8-10H2,1-2H3/t12-,16+/m1/s1. The highest BCUT2D eigenvalue weighted by Crippen LogP contribution is 2.32. The monoisotopic (exact) mass is 343 g/mol. The fourth-order valence-electron chi connectivity index (χ4n) is 4.25. The van der Waals surface area contributed by atoms with Crippen LogP contribution in [0.25, 0.3) is 10.9 Å². The molecule has 1 aromatic carbocycles. The Morgan fingerprint density at radius 1 is 1.36 bits per heavy atom. The van der Waals surface area contributed by atoms with E-state index in [0.29, 0.717) is 13.1 Å². The second kappa shape index (κ2) is 5.86. The summed E-state index contributed by atoms with van der Waals surface area (Å²) in [5.41, 5.74) is 2.58. The summed E-state index contributed by atoms with van der Waals surface area (Å²) in [6, 6.07) is 4.59. The molecule has 0 bridgehead atoms. The van der Waals surface area contributed by atoms with E-state index in [1.54, 1.807) is 11.0 Å². The number of aromatic amines is 1. The van der Waals surface area contributed by atoms with Gasteiger partial charge in [0.25, 0.3) is 0 Å². The van der Waals surface area contributed by atoms with Crippen LogP contribution in [0.1, 0.15) is 17.7 Å². The number of carbonyl (C=O) groups is 2. The summed E-state index contributed by atoms with van der Waals surface area (Å²) in [6.07, 6.45) is 1.19. The molecule has 2 amide bonds. The number of aryl methyl sites for hydroxylation is 1. The minimum atomic E-state index is -0.305. The first kappa shape index (κ1) is 16.1. The lowest BCUT2D eigenvalue weighted by Gasteiger charge is -2.30. The van der Waals surface area contributed by atoms with Gasteiger partial charge in [-0.15, -0.1) is 0 Å². The van der Waals surface area contributed by atoms with Crippen molar-refractivity contribution in [1.29, 1.82) is 0 Å². The molecule has 1 N–H and O–H groups in total. The molecule has 6 heteroatoms. The zero-order valence-corrected chi connectivity index (χ0v) is 14.5. The van der Waals surface area contributed by atoms with Crippen LogP contribution in [0.15, 0.2) is 18.2 Å². The van der Waals surface area contributed by atoms with Crippen molar-refractivity contribution in [1.82, 2.24) is 14.8 Å². The van der Waals surface area contributed by atoms with Crippen molar-refractivity contribution < 1.29 is 14.0 Å². The van der Waals surface area contributed by atoms with Gasteiger partial charge in [-0.05, 0) is 43.0 Å². The fourth-order valence-corrected chi connectivity index (χ4v) is 4.25. The average molecular weight is 343 g/mol. The number of rotatable bonds is 2. The first-order valence-corrected chi connectivity index (χ1v) is 8.73. The molecule has 2 atom stereocenters. The Labute approximate surface area is 145 Å². The van der Waals surface area contributed by atoms with E-state index < -0.39 is 0 Å². The van der Waals surface area contributed by atoms with Gasteiger partial charge in [0.1, 0.15) is 5.82 Å². The van der Waals surface area contributed by atoms with Crippen molar-refractivity contribution in [3.05, 3.63) is 35.3 Å². The highest BCUT2D eigenvalue weighted by atomic mass is 19.1. The molecule has 0 aliphatic carbocycles. The summed E-state index contributed by atoms with van der Waals surface area (Å²) in [5, 5.41) is 0.762. The van der Waals surface area contributed by atoms with Crippen molar-refractivity contribution in [2.45, 2.75) is 19.8 Å². The first-order valence-electron chi connectivity index (χ1n) is 8.73. The van der Waals surface area contributed by atoms with Crippen LogP contribution in [0.2, 0.25) is 0 Å². The number of nitrogens with zero attached hydrogens (tertiary/aromatic N) is 2. The predicted octanol–water partition coefficient (Wildman–Crippen LogP) is 2.09. The van der Waals surface area contributed by atoms with Gasteiger partial charge in [-0.3, -0.25) is 9.59 Å². The maximum atomic E-state index is 13.6. The minimum absolute atomic E-state index is 0.0121. The number of H-pyrrole nitrogens is 1. The molecule has 0 saturated carbocycles. The highest BCUT2D eigenvalue weighted by molar-refractivity contribution is 5.91. The second-order valence-corrected chi connectivity index (χ2v) is 7.31. The van der Waals surface area contributed by atoms with Crippen LogP contribution in [-0.2, 0) is 16.0 Å². The Morgan fingerprint density at radius 2 is 2.16 bits per heavy atom. The first-order chi connectivity index (χ1) is 11.9. The molecular weight excluding hydrogens is 321 g/mol. The Bertz CT molecular complexity index is 860. The Morgan fingerprint density at radius 3 is 2.96 bits per heavy atom. The van der Waals surface area contributed by atoms with Crippen LogP contribution in [0.5, 0.6) is 0 Å². The lowest BCUT2D eigenvalue weighted by molar-refractivity contribution is -0.138. The van der Waals surface area contributed by atoms with Gasteiger partial charge < -0.3 is 14.8 Å². The van der Waals surface area contributed by atoms with Crippen LogP contribution in [-0.4, -0.2) is 53.3 Å². The third-order valence-corrected chi connectivity index (χ3v) is 5.73. The number of hydrogen-bond acceptors (Lipinski definition) is 2. The van der Waals surface area contributed by atoms with Crippen LogP contribution in [0.3, 0.4) is 0 Å². The highest BCUT2D eigenvalue weighted by Gasteiger charge is 2.43. The topological polar surface area (TPSA) is 56.4 Å². The molecule has 2 aliphatic heterocycles. The van der Waals surface area contributed by atoms with Gasteiger partial charge in [0.2, 0.25) is 11.8 Å². The van der Waals surface area contributed by atoms with Crippen LogP contribution < -0.4 is 0 Å². The molecule has 25 heavy (non-hydrogen) atoms. The van der Waals surface area contributed by atoms with Gasteiger partial charge in [-0.1, -0.05) is 0 Å². The molecule has 2 saturated heterocycles. The number of nitrogens with one attached hydrogen (secondary N) is 1. The van der Waals surface area contributed by atoms with E-state index in [1.807, 2.05) is 18.9 Å². The summed E-state index contributed by atoms with van der Waals surface area (Å²) in [4.78, 5) is 31.9. The lowest BCUT2D eigenvalue weighted by Crippen LogP contribution is -2.42. The second-order valence-electron chi connectivity index (χ2n) is 7.31. The van der Waals surface area contributed by atoms with E-state index in [1.165, 1.54) is 12.1 Å². The summed E-state index contributed by atoms with van der Waals surface area (Å²) in [5.74, 6) is 0.0643. The van der Waals surface area contributed by atoms with E-state index >= 15 is 0 Å². The SMILES string of the molecule is Cc1[nH]c2ccc(F)cc2c1CC(=O)N1C[C@H]2CCN(C)C(=O)[C@H]2C1. The maximum absolute atomic E-state index is 13.6. The van der Waals surface area contributed by atoms with Gasteiger partial charge in [0.15, 0.2) is 0 Å². The molecule has 2 fully saturated rings. The molecule has 5 nitrogen and oxygen atoms in total. The van der Waals surface area contributed by atoms with E-state index in [0.717, 1.165) is 35.1 Å². The van der Waals surface area contributed by atoms with Crippen molar-refractivity contribution >= 4 is 22.7 Å². The zero-order chi connectivity index (χ0) is 17.7. The average Bonchev–Trinajstić information content (AvgIpc) is 3.14. The third kappa shape index (κ3) is 2.69. The van der Waals surface area contributed by atoms with E-state index in [-0.39, 0.29) is 35.9 Å². The van der Waals surface area contributed by atoms with Crippen molar-refractivity contribution in [2.24, 2.45) is 11.8 Å². The molecule has 0 spiro atoms. The van der Waals surface area contributed by atoms with E-state index in [2.05, 4.69) is 4.98 Å². The molecule has 2 aromatic rings. The number of piperidine rings is 1. The largest absolute Gasteiger partial charge is 0.358 e. The molecule has 0 unspecified atom stereocenters. The van der Waals surface area contributed by atoms with Gasteiger partial charge in [-0.25, -0.2) is 4.39 Å². The van der Waals surface area contributed by atoms with Crippen molar-refractivity contribution in [3.63, 3.8) is 0 Å². The third-order valence-electron chi connectivity index (χ3n) is 5.73. The number of carbonyl (C=O) groups excluding carboxylic acids is 2. The molecular formula is C19H22FN3O2. The van der Waals surface area contributed by atoms with Gasteiger partial charge >= 0.3 is 0 Å². The number of fused-ring (bicyclic) bond motifs is 2. The van der Waals surface area contributed by atoms with E-state index in [9.17, 15) is 14.0 Å². The zero-order valence-electron chi connectivity index (χ0n) is 14.5. The van der Waals surface area contributed by atoms with Crippen LogP contribution in [0.4, 0.5) is 4.39 Å². The lowest BCUT2D eigenvalue weighted by atomic mass is 9.88. The number of likely N-dealkylation sites (tertiary alicyclic amines) is 2. The number of hydrogen-bond donors (Lipinski definition) is 1. The quantitative estimate of drug-likeness (QED) is 0.908. The summed E-state index contributed by atoms with van der Waals surface area (Å²) in [7, 11) is 1.83. The molecule has 0 radical (unpaired) electrons. The molecule has 3 heterocycles. The Kier molecular flexibility index (Phi) is 3.78. The minimum Gasteiger partial charge on any atom is -0.358 e. The van der Waals surface area contributed by atoms with Crippen LogP contribution >= 0.6 is 0 Å². The van der Waals surface area contributed by atoms with Gasteiger partial charge in [0.05, 0.1) is 12.3 Å². The fraction of sp³-hybridized carbons (Fsp3) is 0.474. The smallest absolute Gasteiger partial charge is 0.227 e. The Balaban J connectivity index is 1.54. The summed E-state index contributed by atoms with van der Waals surface area (Å²) >= 11 is 0. The summed E-state index contributed by atoms with van der Waals surface area (Å²) in [6.45, 7) is 3.83. The molecule has 2 aliphatic rings. The molecule has 1 aromatic heterocycles. The molecule has 132 valence electrons. The molecule has 4 rings (SSSR count). The van der Waals surface area contributed by atoms with Crippen molar-refractivity contribution in [2.75, 3.05) is 26.7 Å². The number of amides is 2. The predicted molar refractivity (Wildman–Crippen MR) is 92.5 cm³/mol.